The van der Waals surface area contributed by atoms with Gasteiger partial charge < -0.3 is 13.4 Å². The predicted molar refractivity (Wildman–Crippen MR) is 191 cm³/mol. The van der Waals surface area contributed by atoms with Crippen LogP contribution in [0, 0.1) is 11.3 Å². The molecule has 0 N–H and O–H groups in total. The topological polar surface area (TPSA) is 55.0 Å². The molecule has 10 rings (SSSR count). The van der Waals surface area contributed by atoms with Gasteiger partial charge in [0.05, 0.1) is 22.7 Å². The summed E-state index contributed by atoms with van der Waals surface area (Å²) >= 11 is 0. The Kier molecular flexibility index (Phi) is 5.32. The second kappa shape index (κ2) is 9.71. The molecule has 0 aliphatic heterocycles. The molecule has 0 aliphatic carbocycles. The van der Waals surface area contributed by atoms with Crippen molar-refractivity contribution in [1.29, 1.82) is 5.26 Å². The number of hydrogen-bond acceptors (Lipinski definition) is 3. The Balaban J connectivity index is 1.17. The van der Waals surface area contributed by atoms with Gasteiger partial charge in [0, 0.05) is 38.0 Å². The van der Waals surface area contributed by atoms with E-state index in [-0.39, 0.29) is 0 Å². The molecular weight excluding hydrogens is 576 g/mol. The van der Waals surface area contributed by atoms with Crippen molar-refractivity contribution < 1.29 is 8.83 Å². The highest BCUT2D eigenvalue weighted by Gasteiger charge is 2.17. The summed E-state index contributed by atoms with van der Waals surface area (Å²) < 4.78 is 14.7. The molecule has 0 amide bonds. The average molecular weight is 601 g/mol. The first-order chi connectivity index (χ1) is 23.2. The number of benzene rings is 7. The van der Waals surface area contributed by atoms with Gasteiger partial charge in [-0.2, -0.15) is 5.26 Å². The van der Waals surface area contributed by atoms with Gasteiger partial charge in [-0.05, 0) is 101 Å². The van der Waals surface area contributed by atoms with Crippen molar-refractivity contribution in [1.82, 2.24) is 4.57 Å². The zero-order valence-electron chi connectivity index (χ0n) is 25.1. The van der Waals surface area contributed by atoms with Gasteiger partial charge in [0.1, 0.15) is 22.3 Å². The molecule has 7 aromatic carbocycles. The molecule has 3 heterocycles. The molecule has 10 aromatic rings. The minimum Gasteiger partial charge on any atom is -0.456 e. The van der Waals surface area contributed by atoms with Crippen LogP contribution in [0.1, 0.15) is 5.56 Å². The third-order valence-corrected chi connectivity index (χ3v) is 9.42. The fraction of sp³-hybridized carbons (Fsp3) is 0. The lowest BCUT2D eigenvalue weighted by molar-refractivity contribution is 0.668. The fourth-order valence-electron chi connectivity index (χ4n) is 7.17. The first-order valence-electron chi connectivity index (χ1n) is 15.6. The summed E-state index contributed by atoms with van der Waals surface area (Å²) in [6.07, 6.45) is 0. The van der Waals surface area contributed by atoms with E-state index in [1.807, 2.05) is 42.5 Å². The van der Waals surface area contributed by atoms with Crippen LogP contribution in [0.25, 0.3) is 93.6 Å². The minimum atomic E-state index is 0.638. The number of nitrogens with zero attached hydrogens (tertiary/aromatic N) is 2. The van der Waals surface area contributed by atoms with Gasteiger partial charge in [-0.3, -0.25) is 0 Å². The maximum Gasteiger partial charge on any atom is 0.135 e. The molecule has 47 heavy (non-hydrogen) atoms. The van der Waals surface area contributed by atoms with Crippen LogP contribution in [0.5, 0.6) is 0 Å². The minimum absolute atomic E-state index is 0.638. The van der Waals surface area contributed by atoms with Crippen molar-refractivity contribution in [3.63, 3.8) is 0 Å². The van der Waals surface area contributed by atoms with Gasteiger partial charge in [0.2, 0.25) is 0 Å². The number of rotatable bonds is 3. The highest BCUT2D eigenvalue weighted by molar-refractivity contribution is 6.13. The Morgan fingerprint density at radius 3 is 1.66 bits per heavy atom. The Labute approximate surface area is 268 Å². The van der Waals surface area contributed by atoms with Crippen molar-refractivity contribution in [2.75, 3.05) is 0 Å². The van der Waals surface area contributed by atoms with Crippen LogP contribution < -0.4 is 0 Å². The van der Waals surface area contributed by atoms with E-state index < -0.39 is 0 Å². The third kappa shape index (κ3) is 3.87. The van der Waals surface area contributed by atoms with Crippen LogP contribution in [0.2, 0.25) is 0 Å². The quantitative estimate of drug-likeness (QED) is 0.203. The largest absolute Gasteiger partial charge is 0.456 e. The molecular formula is C43H24N2O2. The van der Waals surface area contributed by atoms with Gasteiger partial charge in [-0.25, -0.2) is 0 Å². The SMILES string of the molecule is N#Cc1ccc2c(c1)c1cc(-c3ccc4oc5ccc(-c6ccccc6)cc5c4c3)ccc1n2-c1ccc2oc3ccccc3c2c1. The molecule has 0 saturated heterocycles. The standard InChI is InChI=1S/C43H24N2O2/c44-25-26-10-15-38-33(20-26)34-21-29(11-16-39(34)45(38)31-14-19-43-37(24-31)32-8-4-5-9-40(32)46-43)30-13-18-42-36(23-30)35-22-28(12-17-41(35)47-42)27-6-2-1-3-7-27/h1-24H. The molecule has 3 aromatic heterocycles. The third-order valence-electron chi connectivity index (χ3n) is 9.42. The van der Waals surface area contributed by atoms with Crippen molar-refractivity contribution in [2.45, 2.75) is 0 Å². The molecule has 4 heteroatoms. The lowest BCUT2D eigenvalue weighted by Gasteiger charge is -2.09. The second-order valence-electron chi connectivity index (χ2n) is 12.1. The summed E-state index contributed by atoms with van der Waals surface area (Å²) in [6, 6.07) is 52.7. The second-order valence-corrected chi connectivity index (χ2v) is 12.1. The molecule has 0 aliphatic rings. The number of para-hydroxylation sites is 1. The lowest BCUT2D eigenvalue weighted by Crippen LogP contribution is -1.93. The summed E-state index contributed by atoms with van der Waals surface area (Å²) in [7, 11) is 0. The Hall–Kier alpha value is -6.57. The van der Waals surface area contributed by atoms with Crippen molar-refractivity contribution >= 4 is 65.7 Å². The molecule has 0 spiro atoms. The number of aromatic nitrogens is 1. The summed E-state index contributed by atoms with van der Waals surface area (Å²) in [6.45, 7) is 0. The van der Waals surface area contributed by atoms with E-state index in [1.54, 1.807) is 0 Å². The highest BCUT2D eigenvalue weighted by atomic mass is 16.3. The maximum absolute atomic E-state index is 9.80. The van der Waals surface area contributed by atoms with E-state index in [0.717, 1.165) is 88.1 Å². The Morgan fingerprint density at radius 1 is 0.404 bits per heavy atom. The first-order valence-corrected chi connectivity index (χ1v) is 15.6. The van der Waals surface area contributed by atoms with E-state index in [2.05, 4.69) is 114 Å². The molecule has 0 saturated carbocycles. The zero-order valence-corrected chi connectivity index (χ0v) is 25.1. The van der Waals surface area contributed by atoms with Crippen molar-refractivity contribution in [3.05, 3.63) is 151 Å². The zero-order chi connectivity index (χ0) is 31.1. The molecule has 4 nitrogen and oxygen atoms in total. The fourth-order valence-corrected chi connectivity index (χ4v) is 7.17. The summed E-state index contributed by atoms with van der Waals surface area (Å²) in [5.41, 5.74) is 11.8. The maximum atomic E-state index is 9.80. The van der Waals surface area contributed by atoms with Crippen LogP contribution in [0.4, 0.5) is 0 Å². The average Bonchev–Trinajstić information content (AvgIpc) is 3.79. The van der Waals surface area contributed by atoms with E-state index in [0.29, 0.717) is 5.56 Å². The highest BCUT2D eigenvalue weighted by Crippen LogP contribution is 2.39. The first kappa shape index (κ1) is 25.7. The normalized spacial score (nSPS) is 11.8. The van der Waals surface area contributed by atoms with Gasteiger partial charge in [-0.1, -0.05) is 66.7 Å². The van der Waals surface area contributed by atoms with E-state index in [4.69, 9.17) is 8.83 Å². The number of nitriles is 1. The molecule has 0 radical (unpaired) electrons. The number of fused-ring (bicyclic) bond motifs is 9. The van der Waals surface area contributed by atoms with Gasteiger partial charge >= 0.3 is 0 Å². The summed E-state index contributed by atoms with van der Waals surface area (Å²) in [5.74, 6) is 0. The van der Waals surface area contributed by atoms with Crippen LogP contribution in [0.15, 0.2) is 154 Å². The van der Waals surface area contributed by atoms with Crippen molar-refractivity contribution in [2.24, 2.45) is 0 Å². The monoisotopic (exact) mass is 600 g/mol. The smallest absolute Gasteiger partial charge is 0.135 e. The van der Waals surface area contributed by atoms with Crippen LogP contribution >= 0.6 is 0 Å². The van der Waals surface area contributed by atoms with E-state index >= 15 is 0 Å². The number of furan rings is 2. The van der Waals surface area contributed by atoms with E-state index in [1.165, 1.54) is 5.56 Å². The van der Waals surface area contributed by atoms with Crippen LogP contribution in [-0.4, -0.2) is 4.57 Å². The summed E-state index contributed by atoms with van der Waals surface area (Å²) in [4.78, 5) is 0. The van der Waals surface area contributed by atoms with Gasteiger partial charge in [0.25, 0.3) is 0 Å². The van der Waals surface area contributed by atoms with Crippen molar-refractivity contribution in [3.8, 4) is 34.0 Å². The Morgan fingerprint density at radius 2 is 0.936 bits per heavy atom. The van der Waals surface area contributed by atoms with Crippen LogP contribution in [0.3, 0.4) is 0 Å². The molecule has 0 atom stereocenters. The molecule has 218 valence electrons. The number of hydrogen-bond donors (Lipinski definition) is 0. The van der Waals surface area contributed by atoms with Gasteiger partial charge in [0.15, 0.2) is 0 Å². The van der Waals surface area contributed by atoms with Crippen LogP contribution in [-0.2, 0) is 0 Å². The predicted octanol–water partition coefficient (Wildman–Crippen LogP) is 11.8. The van der Waals surface area contributed by atoms with E-state index in [9.17, 15) is 5.26 Å². The molecule has 0 fully saturated rings. The summed E-state index contributed by atoms with van der Waals surface area (Å²) in [5, 5.41) is 16.3. The molecule has 0 unspecified atom stereocenters. The Bertz CT molecular complexity index is 2920. The van der Waals surface area contributed by atoms with Gasteiger partial charge in [-0.15, -0.1) is 0 Å². The lowest BCUT2D eigenvalue weighted by atomic mass is 9.99. The molecule has 0 bridgehead atoms.